The van der Waals surface area contributed by atoms with Gasteiger partial charge in [0.2, 0.25) is 6.79 Å². The van der Waals surface area contributed by atoms with Crippen LogP contribution in [-0.4, -0.2) is 79.4 Å². The number of likely N-dealkylation sites (tertiary alicyclic amines) is 1. The number of piperazine rings is 1. The molecule has 3 aliphatic heterocycles. The lowest BCUT2D eigenvalue weighted by atomic mass is 10.0. The van der Waals surface area contributed by atoms with E-state index in [4.69, 9.17) is 9.47 Å². The van der Waals surface area contributed by atoms with Crippen LogP contribution in [0.5, 0.6) is 11.5 Å². The van der Waals surface area contributed by atoms with Gasteiger partial charge in [0.15, 0.2) is 11.5 Å². The molecular weight excluding hydrogens is 356 g/mol. The average molecular weight is 389 g/mol. The summed E-state index contributed by atoms with van der Waals surface area (Å²) in [4.78, 5) is 19.4. The minimum atomic E-state index is 0.105. The van der Waals surface area contributed by atoms with Crippen molar-refractivity contribution in [1.82, 2.24) is 20.0 Å². The number of ether oxygens (including phenoxy) is 2. The number of carbonyl (C=O) groups excluding carboxylic acids is 1. The number of hydrogen-bond acceptors (Lipinski definition) is 5. The molecule has 3 heterocycles. The second kappa shape index (κ2) is 9.01. The fraction of sp³-hybridized carbons (Fsp3) is 0.667. The zero-order chi connectivity index (χ0) is 19.3. The molecular formula is C21H32N4O3. The molecule has 0 aliphatic carbocycles. The van der Waals surface area contributed by atoms with Crippen LogP contribution in [0.25, 0.3) is 0 Å². The number of carbonyl (C=O) groups is 1. The number of piperidine rings is 1. The molecule has 1 N–H and O–H groups in total. The predicted octanol–water partition coefficient (Wildman–Crippen LogP) is 2.12. The van der Waals surface area contributed by atoms with Crippen molar-refractivity contribution in [2.24, 2.45) is 0 Å². The van der Waals surface area contributed by atoms with Gasteiger partial charge in [0.1, 0.15) is 0 Å². The maximum Gasteiger partial charge on any atom is 0.317 e. The number of amides is 2. The Bertz CT molecular complexity index is 676. The molecule has 1 aromatic rings. The summed E-state index contributed by atoms with van der Waals surface area (Å²) >= 11 is 0. The summed E-state index contributed by atoms with van der Waals surface area (Å²) in [5.74, 6) is 1.71. The number of nitrogens with one attached hydrogen (secondary N) is 1. The summed E-state index contributed by atoms with van der Waals surface area (Å²) in [7, 11) is 0. The van der Waals surface area contributed by atoms with Crippen molar-refractivity contribution in [3.63, 3.8) is 0 Å². The predicted molar refractivity (Wildman–Crippen MR) is 108 cm³/mol. The summed E-state index contributed by atoms with van der Waals surface area (Å²) < 4.78 is 10.9. The van der Waals surface area contributed by atoms with Crippen molar-refractivity contribution in [3.05, 3.63) is 23.8 Å². The summed E-state index contributed by atoms with van der Waals surface area (Å²) in [5.41, 5.74) is 1.27. The molecule has 0 radical (unpaired) electrons. The minimum Gasteiger partial charge on any atom is -0.454 e. The molecule has 7 nitrogen and oxygen atoms in total. The average Bonchev–Trinajstić information content (AvgIpc) is 3.20. The van der Waals surface area contributed by atoms with Crippen LogP contribution in [0.15, 0.2) is 18.2 Å². The van der Waals surface area contributed by atoms with Gasteiger partial charge in [-0.3, -0.25) is 9.80 Å². The smallest absolute Gasteiger partial charge is 0.317 e. The van der Waals surface area contributed by atoms with Crippen molar-refractivity contribution >= 4 is 6.03 Å². The third-order valence-electron chi connectivity index (χ3n) is 5.98. The molecule has 0 saturated carbocycles. The van der Waals surface area contributed by atoms with Crippen molar-refractivity contribution in [2.75, 3.05) is 52.6 Å². The second-order valence-electron chi connectivity index (χ2n) is 7.97. The molecule has 0 spiro atoms. The van der Waals surface area contributed by atoms with Crippen LogP contribution >= 0.6 is 0 Å². The topological polar surface area (TPSA) is 57.3 Å². The van der Waals surface area contributed by atoms with Gasteiger partial charge < -0.3 is 19.7 Å². The zero-order valence-corrected chi connectivity index (χ0v) is 16.9. The van der Waals surface area contributed by atoms with Crippen molar-refractivity contribution in [2.45, 2.75) is 38.8 Å². The van der Waals surface area contributed by atoms with Crippen LogP contribution in [0.2, 0.25) is 0 Å². The molecule has 3 aliphatic rings. The van der Waals surface area contributed by atoms with Gasteiger partial charge in [-0.25, -0.2) is 4.79 Å². The molecule has 0 bridgehead atoms. The van der Waals surface area contributed by atoms with Crippen LogP contribution in [0.1, 0.15) is 31.7 Å². The van der Waals surface area contributed by atoms with E-state index in [0.29, 0.717) is 12.8 Å². The molecule has 154 valence electrons. The number of urea groups is 1. The summed E-state index contributed by atoms with van der Waals surface area (Å²) in [5, 5.41) is 3.02. The first kappa shape index (κ1) is 19.3. The van der Waals surface area contributed by atoms with Crippen molar-refractivity contribution in [1.29, 1.82) is 0 Å². The zero-order valence-electron chi connectivity index (χ0n) is 16.9. The van der Waals surface area contributed by atoms with E-state index < -0.39 is 0 Å². The van der Waals surface area contributed by atoms with Crippen LogP contribution in [0, 0.1) is 0 Å². The Kier molecular flexibility index (Phi) is 6.22. The van der Waals surface area contributed by atoms with Gasteiger partial charge in [-0.1, -0.05) is 13.0 Å². The number of rotatable bonds is 5. The van der Waals surface area contributed by atoms with Gasteiger partial charge in [0, 0.05) is 58.4 Å². The van der Waals surface area contributed by atoms with Gasteiger partial charge >= 0.3 is 6.03 Å². The molecule has 0 aromatic heterocycles. The Balaban J connectivity index is 1.25. The van der Waals surface area contributed by atoms with E-state index in [0.717, 1.165) is 76.7 Å². The van der Waals surface area contributed by atoms with E-state index in [1.807, 2.05) is 11.0 Å². The van der Waals surface area contributed by atoms with E-state index >= 15 is 0 Å². The first-order valence-electron chi connectivity index (χ1n) is 10.6. The van der Waals surface area contributed by atoms with E-state index in [2.05, 4.69) is 34.2 Å². The van der Waals surface area contributed by atoms with Gasteiger partial charge in [-0.2, -0.15) is 0 Å². The standard InChI is InChI=1S/C21H32N4O3/c1-2-7-22-21(26)25-8-3-4-18(15-25)24-11-9-23(10-12-24)14-17-5-6-19-20(13-17)28-16-27-19/h5-6,13,18H,2-4,7-12,14-16H2,1H3,(H,22,26)/t18-/m0/s1. The third kappa shape index (κ3) is 4.52. The molecule has 7 heteroatoms. The first-order chi connectivity index (χ1) is 13.7. The number of fused-ring (bicyclic) bond motifs is 1. The Morgan fingerprint density at radius 1 is 1.14 bits per heavy atom. The largest absolute Gasteiger partial charge is 0.454 e. The minimum absolute atomic E-state index is 0.105. The first-order valence-corrected chi connectivity index (χ1v) is 10.6. The fourth-order valence-corrected chi connectivity index (χ4v) is 4.37. The van der Waals surface area contributed by atoms with Gasteiger partial charge in [-0.05, 0) is 37.0 Å². The Morgan fingerprint density at radius 3 is 2.79 bits per heavy atom. The lowest BCUT2D eigenvalue weighted by Crippen LogP contribution is -2.56. The number of nitrogens with zero attached hydrogens (tertiary/aromatic N) is 3. The monoisotopic (exact) mass is 388 g/mol. The van der Waals surface area contributed by atoms with E-state index in [9.17, 15) is 4.79 Å². The quantitative estimate of drug-likeness (QED) is 0.837. The maximum absolute atomic E-state index is 12.3. The number of benzene rings is 1. The fourth-order valence-electron chi connectivity index (χ4n) is 4.37. The molecule has 1 atom stereocenters. The highest BCUT2D eigenvalue weighted by molar-refractivity contribution is 5.74. The lowest BCUT2D eigenvalue weighted by Gasteiger charge is -2.43. The normalized spacial score (nSPS) is 23.0. The Morgan fingerprint density at radius 2 is 1.96 bits per heavy atom. The molecule has 0 unspecified atom stereocenters. The van der Waals surface area contributed by atoms with Gasteiger partial charge in [0.05, 0.1) is 0 Å². The Hall–Kier alpha value is -1.99. The summed E-state index contributed by atoms with van der Waals surface area (Å²) in [6, 6.07) is 6.84. The molecule has 2 amide bonds. The molecule has 28 heavy (non-hydrogen) atoms. The summed E-state index contributed by atoms with van der Waals surface area (Å²) in [6.45, 7) is 10.1. The lowest BCUT2D eigenvalue weighted by molar-refractivity contribution is 0.0581. The van der Waals surface area contributed by atoms with Gasteiger partial charge in [0.25, 0.3) is 0 Å². The van der Waals surface area contributed by atoms with Crippen molar-refractivity contribution in [3.8, 4) is 11.5 Å². The third-order valence-corrected chi connectivity index (χ3v) is 5.98. The Labute approximate surface area is 167 Å². The molecule has 1 aromatic carbocycles. The van der Waals surface area contributed by atoms with Crippen LogP contribution in [0.3, 0.4) is 0 Å². The summed E-state index contributed by atoms with van der Waals surface area (Å²) in [6.07, 6.45) is 3.27. The SMILES string of the molecule is CCCNC(=O)N1CCC[C@H](N2CCN(Cc3ccc4c(c3)OCO4)CC2)C1. The van der Waals surface area contributed by atoms with Crippen LogP contribution in [0.4, 0.5) is 4.79 Å². The maximum atomic E-state index is 12.3. The van der Waals surface area contributed by atoms with Crippen molar-refractivity contribution < 1.29 is 14.3 Å². The van der Waals surface area contributed by atoms with Crippen LogP contribution < -0.4 is 14.8 Å². The van der Waals surface area contributed by atoms with E-state index in [1.165, 1.54) is 12.0 Å². The molecule has 2 fully saturated rings. The van der Waals surface area contributed by atoms with E-state index in [-0.39, 0.29) is 6.03 Å². The highest BCUT2D eigenvalue weighted by Crippen LogP contribution is 2.33. The molecule has 2 saturated heterocycles. The number of hydrogen-bond donors (Lipinski definition) is 1. The van der Waals surface area contributed by atoms with E-state index in [1.54, 1.807) is 0 Å². The van der Waals surface area contributed by atoms with Gasteiger partial charge in [-0.15, -0.1) is 0 Å². The van der Waals surface area contributed by atoms with Crippen LogP contribution in [-0.2, 0) is 6.54 Å². The second-order valence-corrected chi connectivity index (χ2v) is 7.97. The highest BCUT2D eigenvalue weighted by atomic mass is 16.7. The highest BCUT2D eigenvalue weighted by Gasteiger charge is 2.30. The molecule has 4 rings (SSSR count).